The molecule has 104 valence electrons. The molecule has 19 heavy (non-hydrogen) atoms. The van der Waals surface area contributed by atoms with Crippen molar-refractivity contribution in [2.75, 3.05) is 6.54 Å². The first-order valence-corrected chi connectivity index (χ1v) is 7.17. The Bertz CT molecular complexity index is 434. The SMILES string of the molecule is CCCNC1CCCC1Cc1cccc([N+](=O)[O-])c1. The highest BCUT2D eigenvalue weighted by Gasteiger charge is 2.26. The van der Waals surface area contributed by atoms with E-state index in [9.17, 15) is 10.1 Å². The highest BCUT2D eigenvalue weighted by atomic mass is 16.6. The van der Waals surface area contributed by atoms with Gasteiger partial charge in [0.15, 0.2) is 0 Å². The highest BCUT2D eigenvalue weighted by Crippen LogP contribution is 2.29. The number of hydrogen-bond donors (Lipinski definition) is 1. The van der Waals surface area contributed by atoms with Crippen molar-refractivity contribution < 1.29 is 4.92 Å². The molecular weight excluding hydrogens is 240 g/mol. The van der Waals surface area contributed by atoms with E-state index in [2.05, 4.69) is 12.2 Å². The average molecular weight is 262 g/mol. The summed E-state index contributed by atoms with van der Waals surface area (Å²) in [6, 6.07) is 7.65. The van der Waals surface area contributed by atoms with E-state index in [4.69, 9.17) is 0 Å². The predicted molar refractivity (Wildman–Crippen MR) is 76.2 cm³/mol. The maximum absolute atomic E-state index is 10.8. The molecule has 1 aromatic carbocycles. The molecule has 0 radical (unpaired) electrons. The molecule has 0 bridgehead atoms. The molecule has 1 aliphatic rings. The minimum atomic E-state index is -0.315. The van der Waals surface area contributed by atoms with Crippen LogP contribution >= 0.6 is 0 Å². The Hall–Kier alpha value is -1.42. The van der Waals surface area contributed by atoms with Crippen molar-refractivity contribution in [1.82, 2.24) is 5.32 Å². The van der Waals surface area contributed by atoms with Gasteiger partial charge in [-0.1, -0.05) is 25.5 Å². The number of nitro benzene ring substituents is 1. The molecule has 0 saturated heterocycles. The van der Waals surface area contributed by atoms with Crippen molar-refractivity contribution in [2.45, 2.75) is 45.1 Å². The zero-order chi connectivity index (χ0) is 13.7. The van der Waals surface area contributed by atoms with E-state index in [0.29, 0.717) is 12.0 Å². The number of rotatable bonds is 6. The minimum Gasteiger partial charge on any atom is -0.314 e. The van der Waals surface area contributed by atoms with Crippen LogP contribution in [0.25, 0.3) is 0 Å². The minimum absolute atomic E-state index is 0.202. The van der Waals surface area contributed by atoms with Gasteiger partial charge in [0.2, 0.25) is 0 Å². The second-order valence-electron chi connectivity index (χ2n) is 5.38. The van der Waals surface area contributed by atoms with Crippen molar-refractivity contribution >= 4 is 5.69 Å². The summed E-state index contributed by atoms with van der Waals surface area (Å²) < 4.78 is 0. The molecule has 0 aromatic heterocycles. The molecule has 2 atom stereocenters. The van der Waals surface area contributed by atoms with Crippen LogP contribution in [0.2, 0.25) is 0 Å². The van der Waals surface area contributed by atoms with Crippen LogP contribution in [-0.2, 0) is 6.42 Å². The number of nitrogens with zero attached hydrogens (tertiary/aromatic N) is 1. The summed E-state index contributed by atoms with van der Waals surface area (Å²) in [5.41, 5.74) is 1.29. The molecule has 2 unspecified atom stereocenters. The lowest BCUT2D eigenvalue weighted by molar-refractivity contribution is -0.384. The molecule has 1 fully saturated rings. The van der Waals surface area contributed by atoms with Crippen LogP contribution in [0.4, 0.5) is 5.69 Å². The predicted octanol–water partition coefficient (Wildman–Crippen LogP) is 3.31. The van der Waals surface area contributed by atoms with Gasteiger partial charge in [0.05, 0.1) is 4.92 Å². The Balaban J connectivity index is 1.99. The summed E-state index contributed by atoms with van der Waals surface area (Å²) in [5, 5.41) is 14.4. The van der Waals surface area contributed by atoms with Crippen molar-refractivity contribution in [3.8, 4) is 0 Å². The lowest BCUT2D eigenvalue weighted by atomic mass is 9.94. The van der Waals surface area contributed by atoms with E-state index < -0.39 is 0 Å². The average Bonchev–Trinajstić information content (AvgIpc) is 2.84. The fraction of sp³-hybridized carbons (Fsp3) is 0.600. The van der Waals surface area contributed by atoms with E-state index in [1.54, 1.807) is 18.2 Å². The molecule has 4 nitrogen and oxygen atoms in total. The third-order valence-corrected chi connectivity index (χ3v) is 3.93. The van der Waals surface area contributed by atoms with Gasteiger partial charge in [0.1, 0.15) is 0 Å². The van der Waals surface area contributed by atoms with Crippen LogP contribution < -0.4 is 5.32 Å². The van der Waals surface area contributed by atoms with Crippen molar-refractivity contribution in [3.63, 3.8) is 0 Å². The highest BCUT2D eigenvalue weighted by molar-refractivity contribution is 5.34. The van der Waals surface area contributed by atoms with E-state index in [1.165, 1.54) is 19.3 Å². The molecule has 1 saturated carbocycles. The summed E-state index contributed by atoms with van der Waals surface area (Å²) >= 11 is 0. The Morgan fingerprint density at radius 1 is 1.42 bits per heavy atom. The fourth-order valence-corrected chi connectivity index (χ4v) is 2.98. The lowest BCUT2D eigenvalue weighted by Crippen LogP contribution is -2.33. The van der Waals surface area contributed by atoms with Crippen LogP contribution in [0.3, 0.4) is 0 Å². The maximum atomic E-state index is 10.8. The molecule has 2 rings (SSSR count). The summed E-state index contributed by atoms with van der Waals surface area (Å²) in [6.45, 7) is 3.24. The van der Waals surface area contributed by atoms with E-state index in [1.807, 2.05) is 6.07 Å². The standard InChI is InChI=1S/C15H22N2O2/c1-2-9-16-15-8-4-6-13(15)10-12-5-3-7-14(11-12)17(18)19/h3,5,7,11,13,15-16H,2,4,6,8-10H2,1H3. The van der Waals surface area contributed by atoms with Crippen LogP contribution in [0.15, 0.2) is 24.3 Å². The largest absolute Gasteiger partial charge is 0.314 e. The van der Waals surface area contributed by atoms with Crippen LogP contribution in [0, 0.1) is 16.0 Å². The van der Waals surface area contributed by atoms with Crippen molar-refractivity contribution in [2.24, 2.45) is 5.92 Å². The first-order valence-electron chi connectivity index (χ1n) is 7.17. The van der Waals surface area contributed by atoms with E-state index in [-0.39, 0.29) is 10.6 Å². The normalized spacial score (nSPS) is 22.6. The number of nitrogens with one attached hydrogen (secondary N) is 1. The monoisotopic (exact) mass is 262 g/mol. The second kappa shape index (κ2) is 6.66. The van der Waals surface area contributed by atoms with Gasteiger partial charge in [0, 0.05) is 18.2 Å². The number of hydrogen-bond acceptors (Lipinski definition) is 3. The summed E-state index contributed by atoms with van der Waals surface area (Å²) in [6.07, 6.45) is 5.83. The van der Waals surface area contributed by atoms with Gasteiger partial charge in [-0.3, -0.25) is 10.1 Å². The molecule has 1 aromatic rings. The quantitative estimate of drug-likeness (QED) is 0.632. The van der Waals surface area contributed by atoms with E-state index in [0.717, 1.165) is 24.9 Å². The first kappa shape index (κ1) is 14.0. The molecule has 0 heterocycles. The Kier molecular flexibility index (Phi) is 4.91. The number of non-ortho nitro benzene ring substituents is 1. The van der Waals surface area contributed by atoms with Gasteiger partial charge < -0.3 is 5.32 Å². The van der Waals surface area contributed by atoms with Gasteiger partial charge in [0.25, 0.3) is 5.69 Å². The summed E-state index contributed by atoms with van der Waals surface area (Å²) in [5.74, 6) is 0.619. The van der Waals surface area contributed by atoms with Crippen molar-refractivity contribution in [1.29, 1.82) is 0 Å². The lowest BCUT2D eigenvalue weighted by Gasteiger charge is -2.20. The molecule has 0 spiro atoms. The van der Waals surface area contributed by atoms with Gasteiger partial charge in [-0.25, -0.2) is 0 Å². The van der Waals surface area contributed by atoms with Gasteiger partial charge >= 0.3 is 0 Å². The summed E-state index contributed by atoms with van der Waals surface area (Å²) in [7, 11) is 0. The Morgan fingerprint density at radius 2 is 2.26 bits per heavy atom. The molecule has 0 amide bonds. The Morgan fingerprint density at radius 3 is 3.00 bits per heavy atom. The second-order valence-corrected chi connectivity index (χ2v) is 5.38. The van der Waals surface area contributed by atoms with Crippen LogP contribution in [0.5, 0.6) is 0 Å². The molecule has 1 aliphatic carbocycles. The smallest absolute Gasteiger partial charge is 0.269 e. The third-order valence-electron chi connectivity index (χ3n) is 3.93. The van der Waals surface area contributed by atoms with Gasteiger partial charge in [-0.15, -0.1) is 0 Å². The number of nitro groups is 1. The maximum Gasteiger partial charge on any atom is 0.269 e. The molecule has 0 aliphatic heterocycles. The van der Waals surface area contributed by atoms with Gasteiger partial charge in [-0.05, 0) is 43.7 Å². The van der Waals surface area contributed by atoms with Crippen LogP contribution in [-0.4, -0.2) is 17.5 Å². The molecule has 4 heteroatoms. The molecule has 1 N–H and O–H groups in total. The summed E-state index contributed by atoms with van der Waals surface area (Å²) in [4.78, 5) is 10.5. The fourth-order valence-electron chi connectivity index (χ4n) is 2.98. The zero-order valence-electron chi connectivity index (χ0n) is 11.5. The number of benzene rings is 1. The van der Waals surface area contributed by atoms with Crippen LogP contribution in [0.1, 0.15) is 38.2 Å². The molecular formula is C15H22N2O2. The topological polar surface area (TPSA) is 55.2 Å². The third kappa shape index (κ3) is 3.77. The first-order chi connectivity index (χ1) is 9.20. The Labute approximate surface area is 114 Å². The van der Waals surface area contributed by atoms with Crippen molar-refractivity contribution in [3.05, 3.63) is 39.9 Å². The van der Waals surface area contributed by atoms with E-state index >= 15 is 0 Å². The zero-order valence-corrected chi connectivity index (χ0v) is 11.5. The van der Waals surface area contributed by atoms with Gasteiger partial charge in [-0.2, -0.15) is 0 Å².